The molecule has 4 rings (SSSR count). The number of sulfone groups is 1. The van der Waals surface area contributed by atoms with E-state index in [1.165, 1.54) is 12.1 Å². The van der Waals surface area contributed by atoms with Gasteiger partial charge in [-0.05, 0) is 54.3 Å². The number of halogens is 2. The maximum atomic E-state index is 14.9. The van der Waals surface area contributed by atoms with Crippen LogP contribution in [-0.2, 0) is 14.6 Å². The smallest absolute Gasteiger partial charge is 0.227 e. The molecule has 0 aromatic heterocycles. The van der Waals surface area contributed by atoms with Crippen molar-refractivity contribution >= 4 is 21.4 Å². The standard InChI is InChI=1S/C19H23F2N5O3S/c20-16-5-12(15-7-14(8-23-25-22)24-19(15)27)6-17(21)18(16)26-3-1-11(2-4-26)13-9-30(28,29)10-13/h5-6,11,13-15H,1-4,7-10H2,(H,24,27)/t14?,15-/m1/s1. The van der Waals surface area contributed by atoms with Crippen molar-refractivity contribution in [3.63, 3.8) is 0 Å². The van der Waals surface area contributed by atoms with E-state index in [0.717, 1.165) is 0 Å². The number of benzene rings is 1. The number of azide groups is 1. The molecule has 30 heavy (non-hydrogen) atoms. The number of piperidine rings is 1. The molecule has 8 nitrogen and oxygen atoms in total. The fraction of sp³-hybridized carbons (Fsp3) is 0.632. The van der Waals surface area contributed by atoms with E-state index >= 15 is 0 Å². The van der Waals surface area contributed by atoms with Gasteiger partial charge in [0.2, 0.25) is 5.91 Å². The van der Waals surface area contributed by atoms with Crippen molar-refractivity contribution in [2.24, 2.45) is 17.0 Å². The lowest BCUT2D eigenvalue weighted by Crippen LogP contribution is -2.46. The average Bonchev–Trinajstić information content (AvgIpc) is 3.05. The number of rotatable bonds is 5. The Kier molecular flexibility index (Phi) is 5.59. The number of hydrogen-bond acceptors (Lipinski definition) is 5. The molecule has 11 heteroatoms. The molecule has 3 saturated heterocycles. The molecule has 0 spiro atoms. The number of hydrogen-bond donors (Lipinski definition) is 1. The van der Waals surface area contributed by atoms with Crippen molar-refractivity contribution in [1.29, 1.82) is 0 Å². The van der Waals surface area contributed by atoms with E-state index in [1.54, 1.807) is 4.90 Å². The third-order valence-corrected chi connectivity index (χ3v) is 8.32. The molecule has 1 aromatic rings. The van der Waals surface area contributed by atoms with Gasteiger partial charge < -0.3 is 10.2 Å². The quantitative estimate of drug-likeness (QED) is 0.431. The molecule has 1 N–H and O–H groups in total. The van der Waals surface area contributed by atoms with E-state index in [-0.39, 0.29) is 53.1 Å². The summed E-state index contributed by atoms with van der Waals surface area (Å²) in [5, 5.41) is 6.13. The Morgan fingerprint density at radius 2 is 1.80 bits per heavy atom. The van der Waals surface area contributed by atoms with Gasteiger partial charge in [0.25, 0.3) is 0 Å². The van der Waals surface area contributed by atoms with Crippen LogP contribution in [0.25, 0.3) is 10.4 Å². The Hall–Kier alpha value is -2.39. The molecule has 0 radical (unpaired) electrons. The SMILES string of the molecule is [N-]=[N+]=NCC1C[C@H](c2cc(F)c(N3CCC(C4CS(=O)(=O)C4)CC3)c(F)c2)C(=O)N1. The second-order valence-electron chi connectivity index (χ2n) is 8.40. The first-order valence-corrected chi connectivity index (χ1v) is 11.8. The predicted octanol–water partition coefficient (Wildman–Crippen LogP) is 2.51. The van der Waals surface area contributed by atoms with Gasteiger partial charge >= 0.3 is 0 Å². The van der Waals surface area contributed by atoms with Gasteiger partial charge in [0.1, 0.15) is 17.3 Å². The van der Waals surface area contributed by atoms with Crippen LogP contribution in [0.3, 0.4) is 0 Å². The van der Waals surface area contributed by atoms with Crippen LogP contribution in [0.2, 0.25) is 0 Å². The molecule has 0 bridgehead atoms. The van der Waals surface area contributed by atoms with Crippen LogP contribution in [-0.4, -0.2) is 51.5 Å². The summed E-state index contributed by atoms with van der Waals surface area (Å²) < 4.78 is 52.5. The summed E-state index contributed by atoms with van der Waals surface area (Å²) in [7, 11) is -2.88. The van der Waals surface area contributed by atoms with Crippen molar-refractivity contribution in [3.8, 4) is 0 Å². The highest BCUT2D eigenvalue weighted by atomic mass is 32.2. The van der Waals surface area contributed by atoms with Gasteiger partial charge in [0.15, 0.2) is 9.84 Å². The molecule has 3 heterocycles. The van der Waals surface area contributed by atoms with E-state index in [9.17, 15) is 22.0 Å². The Morgan fingerprint density at radius 1 is 1.17 bits per heavy atom. The van der Waals surface area contributed by atoms with Gasteiger partial charge in [0.05, 0.1) is 17.4 Å². The third kappa shape index (κ3) is 4.09. The highest BCUT2D eigenvalue weighted by Gasteiger charge is 2.40. The fourth-order valence-electron chi connectivity index (χ4n) is 4.85. The van der Waals surface area contributed by atoms with Crippen LogP contribution in [0, 0.1) is 23.5 Å². The van der Waals surface area contributed by atoms with Crippen molar-refractivity contribution in [2.75, 3.05) is 36.0 Å². The molecule has 3 fully saturated rings. The zero-order chi connectivity index (χ0) is 21.5. The number of amides is 1. The lowest BCUT2D eigenvalue weighted by atomic mass is 9.85. The molecule has 162 valence electrons. The Labute approximate surface area is 173 Å². The number of anilines is 1. The summed E-state index contributed by atoms with van der Waals surface area (Å²) in [5.41, 5.74) is 8.58. The molecule has 3 aliphatic rings. The maximum absolute atomic E-state index is 14.9. The van der Waals surface area contributed by atoms with E-state index in [0.29, 0.717) is 32.4 Å². The third-order valence-electron chi connectivity index (χ3n) is 6.45. The normalized spacial score (nSPS) is 26.7. The van der Waals surface area contributed by atoms with E-state index in [4.69, 9.17) is 5.53 Å². The van der Waals surface area contributed by atoms with Gasteiger partial charge in [-0.25, -0.2) is 17.2 Å². The topological polar surface area (TPSA) is 115 Å². The van der Waals surface area contributed by atoms with E-state index in [2.05, 4.69) is 15.3 Å². The summed E-state index contributed by atoms with van der Waals surface area (Å²) in [4.78, 5) is 16.5. The minimum absolute atomic E-state index is 0.0949. The number of carbonyl (C=O) groups is 1. The van der Waals surface area contributed by atoms with Crippen molar-refractivity contribution in [2.45, 2.75) is 31.2 Å². The van der Waals surface area contributed by atoms with Gasteiger partial charge in [-0.3, -0.25) is 4.79 Å². The summed E-state index contributed by atoms with van der Waals surface area (Å²) in [5.74, 6) is -1.57. The zero-order valence-electron chi connectivity index (χ0n) is 16.3. The first kappa shape index (κ1) is 20.9. The Bertz CT molecular complexity index is 968. The summed E-state index contributed by atoms with van der Waals surface area (Å²) in [6, 6.07) is 2.07. The molecule has 1 amide bonds. The first-order valence-electron chi connectivity index (χ1n) is 10.0. The molecule has 3 aliphatic heterocycles. The maximum Gasteiger partial charge on any atom is 0.227 e. The molecule has 2 atom stereocenters. The number of nitrogens with one attached hydrogen (secondary N) is 1. The highest BCUT2D eigenvalue weighted by Crippen LogP contribution is 2.37. The van der Waals surface area contributed by atoms with Gasteiger partial charge in [-0.15, -0.1) is 0 Å². The molecular formula is C19H23F2N5O3S. The highest BCUT2D eigenvalue weighted by molar-refractivity contribution is 7.92. The van der Waals surface area contributed by atoms with Crippen molar-refractivity contribution in [1.82, 2.24) is 5.32 Å². The average molecular weight is 439 g/mol. The summed E-state index contributed by atoms with van der Waals surface area (Å²) >= 11 is 0. The van der Waals surface area contributed by atoms with Crippen LogP contribution < -0.4 is 10.2 Å². The van der Waals surface area contributed by atoms with Crippen LogP contribution >= 0.6 is 0 Å². The molecule has 0 saturated carbocycles. The lowest BCUT2D eigenvalue weighted by molar-refractivity contribution is -0.120. The number of nitrogens with zero attached hydrogens (tertiary/aromatic N) is 4. The van der Waals surface area contributed by atoms with E-state index in [1.807, 2.05) is 0 Å². The molecule has 1 aromatic carbocycles. The van der Waals surface area contributed by atoms with Crippen molar-refractivity contribution < 1.29 is 22.0 Å². The van der Waals surface area contributed by atoms with Crippen molar-refractivity contribution in [3.05, 3.63) is 39.8 Å². The fourth-order valence-corrected chi connectivity index (χ4v) is 6.60. The zero-order valence-corrected chi connectivity index (χ0v) is 17.1. The molecule has 0 aliphatic carbocycles. The lowest BCUT2D eigenvalue weighted by Gasteiger charge is -2.40. The molecular weight excluding hydrogens is 416 g/mol. The Balaban J connectivity index is 1.44. The second kappa shape index (κ2) is 8.03. The monoisotopic (exact) mass is 439 g/mol. The van der Waals surface area contributed by atoms with Crippen LogP contribution in [0.1, 0.15) is 30.7 Å². The van der Waals surface area contributed by atoms with Crippen LogP contribution in [0.15, 0.2) is 17.2 Å². The molecule has 1 unspecified atom stereocenters. The minimum Gasteiger partial charge on any atom is -0.367 e. The first-order chi connectivity index (χ1) is 14.3. The second-order valence-corrected chi connectivity index (χ2v) is 10.6. The van der Waals surface area contributed by atoms with Gasteiger partial charge in [-0.2, -0.15) is 0 Å². The van der Waals surface area contributed by atoms with Gasteiger partial charge in [0, 0.05) is 30.6 Å². The predicted molar refractivity (Wildman–Crippen MR) is 107 cm³/mol. The largest absolute Gasteiger partial charge is 0.367 e. The summed E-state index contributed by atoms with van der Waals surface area (Å²) in [6.45, 7) is 1.03. The van der Waals surface area contributed by atoms with Crippen LogP contribution in [0.4, 0.5) is 14.5 Å². The summed E-state index contributed by atoms with van der Waals surface area (Å²) in [6.07, 6.45) is 1.71. The van der Waals surface area contributed by atoms with E-state index < -0.39 is 27.4 Å². The Morgan fingerprint density at radius 3 is 2.37 bits per heavy atom. The number of carbonyl (C=O) groups excluding carboxylic acids is 1. The minimum atomic E-state index is -2.88. The van der Waals surface area contributed by atoms with Crippen LogP contribution in [0.5, 0.6) is 0 Å². The van der Waals surface area contributed by atoms with Gasteiger partial charge in [-0.1, -0.05) is 5.11 Å².